The van der Waals surface area contributed by atoms with E-state index in [0.717, 1.165) is 0 Å². The SMILES string of the molecule is CC(N)C(=O)NC(CS)C(=O)NC(CCCCN)C(=O)NC(CCC(=O)O)C(=O)O. The first-order chi connectivity index (χ1) is 14.0. The fourth-order valence-corrected chi connectivity index (χ4v) is 2.59. The van der Waals surface area contributed by atoms with Gasteiger partial charge in [-0.05, 0) is 39.2 Å². The van der Waals surface area contributed by atoms with E-state index in [4.69, 9.17) is 16.6 Å². The Balaban J connectivity index is 5.23. The first-order valence-electron chi connectivity index (χ1n) is 9.45. The summed E-state index contributed by atoms with van der Waals surface area (Å²) in [5, 5.41) is 25.1. The van der Waals surface area contributed by atoms with Gasteiger partial charge in [-0.1, -0.05) is 0 Å². The molecule has 0 aliphatic rings. The van der Waals surface area contributed by atoms with Crippen LogP contribution in [0.15, 0.2) is 0 Å². The van der Waals surface area contributed by atoms with E-state index >= 15 is 0 Å². The second kappa shape index (κ2) is 14.6. The van der Waals surface area contributed by atoms with Gasteiger partial charge in [-0.25, -0.2) is 4.79 Å². The molecule has 0 aromatic carbocycles. The van der Waals surface area contributed by atoms with E-state index in [0.29, 0.717) is 19.4 Å². The first-order valence-corrected chi connectivity index (χ1v) is 10.1. The summed E-state index contributed by atoms with van der Waals surface area (Å²) < 4.78 is 0. The molecule has 0 saturated heterocycles. The lowest BCUT2D eigenvalue weighted by atomic mass is 10.1. The van der Waals surface area contributed by atoms with Crippen molar-refractivity contribution in [2.45, 2.75) is 63.2 Å². The van der Waals surface area contributed by atoms with Crippen molar-refractivity contribution in [3.05, 3.63) is 0 Å². The van der Waals surface area contributed by atoms with Crippen LogP contribution in [0.1, 0.15) is 39.0 Å². The van der Waals surface area contributed by atoms with Gasteiger partial charge in [-0.15, -0.1) is 0 Å². The Morgan fingerprint density at radius 2 is 1.40 bits per heavy atom. The standard InChI is InChI=1S/C17H31N5O7S/c1-9(19)14(25)22-12(8-30)16(27)20-10(4-2-3-7-18)15(26)21-11(17(28)29)5-6-13(23)24/h9-12,30H,2-8,18-19H2,1H3,(H,20,27)(H,21,26)(H,22,25)(H,23,24)(H,28,29). The number of hydrogen-bond acceptors (Lipinski definition) is 8. The zero-order valence-electron chi connectivity index (χ0n) is 16.8. The maximum absolute atomic E-state index is 12.6. The zero-order valence-corrected chi connectivity index (χ0v) is 17.7. The lowest BCUT2D eigenvalue weighted by Gasteiger charge is -2.24. The van der Waals surface area contributed by atoms with Crippen molar-refractivity contribution in [3.63, 3.8) is 0 Å². The predicted molar refractivity (Wildman–Crippen MR) is 111 cm³/mol. The number of carbonyl (C=O) groups excluding carboxylic acids is 3. The number of rotatable bonds is 15. The largest absolute Gasteiger partial charge is 0.481 e. The molecule has 3 amide bonds. The van der Waals surface area contributed by atoms with Gasteiger partial charge < -0.3 is 37.6 Å². The molecule has 0 spiro atoms. The summed E-state index contributed by atoms with van der Waals surface area (Å²) in [5.41, 5.74) is 10.9. The highest BCUT2D eigenvalue weighted by Crippen LogP contribution is 2.05. The van der Waals surface area contributed by atoms with Gasteiger partial charge in [0.15, 0.2) is 0 Å². The van der Waals surface area contributed by atoms with E-state index in [1.165, 1.54) is 6.92 Å². The molecule has 4 atom stereocenters. The molecule has 13 heteroatoms. The number of carboxylic acids is 2. The van der Waals surface area contributed by atoms with Crippen LogP contribution in [0.25, 0.3) is 0 Å². The average Bonchev–Trinajstić information content (AvgIpc) is 2.67. The molecule has 4 unspecified atom stereocenters. The van der Waals surface area contributed by atoms with Gasteiger partial charge in [0.05, 0.1) is 6.04 Å². The summed E-state index contributed by atoms with van der Waals surface area (Å²) in [6, 6.07) is -4.44. The van der Waals surface area contributed by atoms with Gasteiger partial charge in [-0.2, -0.15) is 12.6 Å². The molecule has 0 fully saturated rings. The van der Waals surface area contributed by atoms with Crippen LogP contribution in [-0.2, 0) is 24.0 Å². The molecule has 0 radical (unpaired) electrons. The highest BCUT2D eigenvalue weighted by molar-refractivity contribution is 7.80. The third-order valence-electron chi connectivity index (χ3n) is 4.07. The average molecular weight is 450 g/mol. The van der Waals surface area contributed by atoms with E-state index in [9.17, 15) is 29.1 Å². The molecule has 12 nitrogen and oxygen atoms in total. The van der Waals surface area contributed by atoms with Gasteiger partial charge >= 0.3 is 11.9 Å². The molecular formula is C17H31N5O7S. The third kappa shape index (κ3) is 11.0. The Morgan fingerprint density at radius 1 is 0.867 bits per heavy atom. The molecule has 172 valence electrons. The highest BCUT2D eigenvalue weighted by atomic mass is 32.1. The molecular weight excluding hydrogens is 418 g/mol. The molecule has 0 rings (SSSR count). The summed E-state index contributed by atoms with van der Waals surface area (Å²) in [7, 11) is 0. The van der Waals surface area contributed by atoms with Crippen molar-refractivity contribution >= 4 is 42.3 Å². The first kappa shape index (κ1) is 27.6. The van der Waals surface area contributed by atoms with Crippen molar-refractivity contribution in [2.24, 2.45) is 11.5 Å². The van der Waals surface area contributed by atoms with Crippen LogP contribution >= 0.6 is 12.6 Å². The second-order valence-corrected chi connectivity index (χ2v) is 7.08. The van der Waals surface area contributed by atoms with Crippen LogP contribution in [-0.4, -0.2) is 76.3 Å². The fraction of sp³-hybridized carbons (Fsp3) is 0.706. The molecule has 0 aromatic heterocycles. The summed E-state index contributed by atoms with van der Waals surface area (Å²) in [6.45, 7) is 1.80. The molecule has 0 bridgehead atoms. The summed E-state index contributed by atoms with van der Waals surface area (Å²) in [6.07, 6.45) is 0.439. The van der Waals surface area contributed by atoms with Crippen LogP contribution in [0.5, 0.6) is 0 Å². The smallest absolute Gasteiger partial charge is 0.326 e. The number of hydrogen-bond donors (Lipinski definition) is 8. The number of nitrogens with one attached hydrogen (secondary N) is 3. The maximum atomic E-state index is 12.6. The number of aliphatic carboxylic acids is 2. The number of carbonyl (C=O) groups is 5. The van der Waals surface area contributed by atoms with Gasteiger partial charge in [0.1, 0.15) is 18.1 Å². The molecule has 0 aromatic rings. The van der Waals surface area contributed by atoms with Gasteiger partial charge in [0.2, 0.25) is 17.7 Å². The van der Waals surface area contributed by atoms with Crippen LogP contribution in [0.3, 0.4) is 0 Å². The maximum Gasteiger partial charge on any atom is 0.326 e. The van der Waals surface area contributed by atoms with E-state index in [-0.39, 0.29) is 18.6 Å². The van der Waals surface area contributed by atoms with Gasteiger partial charge in [0.25, 0.3) is 0 Å². The number of carboxylic acid groups (broad SMARTS) is 2. The van der Waals surface area contributed by atoms with Crippen molar-refractivity contribution in [1.82, 2.24) is 16.0 Å². The predicted octanol–water partition coefficient (Wildman–Crippen LogP) is -2.20. The van der Waals surface area contributed by atoms with Crippen molar-refractivity contribution in [2.75, 3.05) is 12.3 Å². The Kier molecular flexibility index (Phi) is 13.4. The minimum Gasteiger partial charge on any atom is -0.481 e. The lowest BCUT2D eigenvalue weighted by molar-refractivity contribution is -0.143. The number of nitrogens with two attached hydrogens (primary N) is 2. The molecule has 0 aliphatic carbocycles. The Morgan fingerprint density at radius 3 is 1.87 bits per heavy atom. The minimum atomic E-state index is -1.43. The number of thiol groups is 1. The molecule has 30 heavy (non-hydrogen) atoms. The van der Waals surface area contributed by atoms with Crippen LogP contribution < -0.4 is 27.4 Å². The van der Waals surface area contributed by atoms with Crippen LogP contribution in [0, 0.1) is 0 Å². The van der Waals surface area contributed by atoms with Crippen molar-refractivity contribution < 1.29 is 34.2 Å². The topological polar surface area (TPSA) is 214 Å². The monoisotopic (exact) mass is 449 g/mol. The van der Waals surface area contributed by atoms with Crippen molar-refractivity contribution in [3.8, 4) is 0 Å². The zero-order chi connectivity index (χ0) is 23.3. The minimum absolute atomic E-state index is 0.0577. The fourth-order valence-electron chi connectivity index (χ4n) is 2.33. The van der Waals surface area contributed by atoms with E-state index in [1.54, 1.807) is 0 Å². The molecule has 0 heterocycles. The summed E-state index contributed by atoms with van der Waals surface area (Å²) >= 11 is 4.02. The van der Waals surface area contributed by atoms with Crippen molar-refractivity contribution in [1.29, 1.82) is 0 Å². The van der Waals surface area contributed by atoms with E-state index < -0.39 is 60.2 Å². The molecule has 0 aliphatic heterocycles. The number of unbranched alkanes of at least 4 members (excludes halogenated alkanes) is 1. The Bertz CT molecular complexity index is 617. The second-order valence-electron chi connectivity index (χ2n) is 6.71. The van der Waals surface area contributed by atoms with Gasteiger partial charge in [0, 0.05) is 12.2 Å². The van der Waals surface area contributed by atoms with Crippen LogP contribution in [0.2, 0.25) is 0 Å². The summed E-state index contributed by atoms with van der Waals surface area (Å²) in [5.74, 6) is -4.71. The molecule has 0 saturated carbocycles. The van der Waals surface area contributed by atoms with Crippen LogP contribution in [0.4, 0.5) is 0 Å². The lowest BCUT2D eigenvalue weighted by Crippen LogP contribution is -2.57. The summed E-state index contributed by atoms with van der Waals surface area (Å²) in [4.78, 5) is 58.8. The van der Waals surface area contributed by atoms with E-state index in [2.05, 4.69) is 28.6 Å². The van der Waals surface area contributed by atoms with Gasteiger partial charge in [-0.3, -0.25) is 19.2 Å². The highest BCUT2D eigenvalue weighted by Gasteiger charge is 2.29. The third-order valence-corrected chi connectivity index (χ3v) is 4.44. The van der Waals surface area contributed by atoms with E-state index in [1.807, 2.05) is 0 Å². The quantitative estimate of drug-likeness (QED) is 0.100. The number of amides is 3. The molecule has 9 N–H and O–H groups in total. The normalized spacial score (nSPS) is 14.7. The Hall–Kier alpha value is -2.38. The Labute approximate surface area is 179 Å².